The number of hydrogen-bond acceptors (Lipinski definition) is 6. The van der Waals surface area contributed by atoms with Crippen LogP contribution in [0.15, 0.2) is 42.5 Å². The van der Waals surface area contributed by atoms with Crippen LogP contribution >= 0.6 is 0 Å². The molecule has 148 valence electrons. The van der Waals surface area contributed by atoms with Crippen molar-refractivity contribution < 1.29 is 28.6 Å². The van der Waals surface area contributed by atoms with Gasteiger partial charge in [0.15, 0.2) is 18.1 Å². The van der Waals surface area contributed by atoms with Gasteiger partial charge in [-0.2, -0.15) is 0 Å². The predicted molar refractivity (Wildman–Crippen MR) is 103 cm³/mol. The molecule has 0 atom stereocenters. The summed E-state index contributed by atoms with van der Waals surface area (Å²) < 4.78 is 15.4. The smallest absolute Gasteiger partial charge is 0.325 e. The molecule has 0 bridgehead atoms. The van der Waals surface area contributed by atoms with Crippen molar-refractivity contribution in [2.75, 3.05) is 19.9 Å². The summed E-state index contributed by atoms with van der Waals surface area (Å²) in [6.45, 7) is 1.14. The normalized spacial score (nSPS) is 12.0. The number of nitrogens with one attached hydrogen (secondary N) is 2. The standard InChI is InChI=1S/C21H18N2O6/c1-12-20(14-4-2-3-5-15(14)23-12)16(24)10-27-19(25)9-22-21(26)13-6-7-17-18(8-13)29-11-28-17/h2-8,23H,9-11H2,1H3,(H,22,26). The quantitative estimate of drug-likeness (QED) is 0.491. The number of H-pyrrole nitrogens is 1. The fourth-order valence-corrected chi connectivity index (χ4v) is 3.20. The maximum absolute atomic E-state index is 12.5. The van der Waals surface area contributed by atoms with E-state index < -0.39 is 18.5 Å². The number of ketones is 1. The highest BCUT2D eigenvalue weighted by molar-refractivity contribution is 6.10. The van der Waals surface area contributed by atoms with Crippen LogP contribution in [0.2, 0.25) is 0 Å². The van der Waals surface area contributed by atoms with Crippen molar-refractivity contribution in [3.63, 3.8) is 0 Å². The van der Waals surface area contributed by atoms with Crippen molar-refractivity contribution in [1.82, 2.24) is 10.3 Å². The maximum Gasteiger partial charge on any atom is 0.325 e. The zero-order chi connectivity index (χ0) is 20.4. The summed E-state index contributed by atoms with van der Waals surface area (Å²) in [5, 5.41) is 3.24. The first-order chi connectivity index (χ1) is 14.0. The molecular weight excluding hydrogens is 376 g/mol. The van der Waals surface area contributed by atoms with E-state index >= 15 is 0 Å². The average molecular weight is 394 g/mol. The lowest BCUT2D eigenvalue weighted by molar-refractivity contribution is -0.141. The highest BCUT2D eigenvalue weighted by Crippen LogP contribution is 2.32. The number of carbonyl (C=O) groups is 3. The van der Waals surface area contributed by atoms with Gasteiger partial charge in [0, 0.05) is 27.7 Å². The topological polar surface area (TPSA) is 107 Å². The number of ether oxygens (including phenoxy) is 3. The summed E-state index contributed by atoms with van der Waals surface area (Å²) in [5.74, 6) is -0.439. The van der Waals surface area contributed by atoms with E-state index in [1.807, 2.05) is 24.3 Å². The van der Waals surface area contributed by atoms with E-state index in [4.69, 9.17) is 14.2 Å². The van der Waals surface area contributed by atoms with Gasteiger partial charge in [0.05, 0.1) is 0 Å². The molecule has 1 aliphatic heterocycles. The van der Waals surface area contributed by atoms with Gasteiger partial charge in [0.25, 0.3) is 5.91 Å². The molecule has 0 radical (unpaired) electrons. The van der Waals surface area contributed by atoms with Crippen molar-refractivity contribution in [2.45, 2.75) is 6.92 Å². The summed E-state index contributed by atoms with van der Waals surface area (Å²) >= 11 is 0. The van der Waals surface area contributed by atoms with E-state index in [1.54, 1.807) is 19.1 Å². The molecule has 0 fully saturated rings. The Morgan fingerprint density at radius 1 is 1.10 bits per heavy atom. The van der Waals surface area contributed by atoms with E-state index in [9.17, 15) is 14.4 Å². The number of amides is 1. The lowest BCUT2D eigenvalue weighted by Gasteiger charge is -2.07. The van der Waals surface area contributed by atoms with Crippen LogP contribution in [0.4, 0.5) is 0 Å². The Morgan fingerprint density at radius 2 is 1.90 bits per heavy atom. The third kappa shape index (κ3) is 3.77. The molecule has 0 unspecified atom stereocenters. The van der Waals surface area contributed by atoms with Gasteiger partial charge in [0.1, 0.15) is 6.54 Å². The Labute approximate surface area is 165 Å². The molecule has 2 heterocycles. The molecular formula is C21H18N2O6. The SMILES string of the molecule is Cc1[nH]c2ccccc2c1C(=O)COC(=O)CNC(=O)c1ccc2c(c1)OCO2. The monoisotopic (exact) mass is 394 g/mol. The highest BCUT2D eigenvalue weighted by Gasteiger charge is 2.19. The third-order valence-corrected chi connectivity index (χ3v) is 4.56. The van der Waals surface area contributed by atoms with E-state index in [2.05, 4.69) is 10.3 Å². The predicted octanol–water partition coefficient (Wildman–Crippen LogP) is 2.36. The van der Waals surface area contributed by atoms with Crippen molar-refractivity contribution in [3.8, 4) is 11.5 Å². The second-order valence-electron chi connectivity index (χ2n) is 6.51. The summed E-state index contributed by atoms with van der Waals surface area (Å²) in [4.78, 5) is 39.8. The minimum Gasteiger partial charge on any atom is -0.456 e. The number of Topliss-reactive ketones (excluding diaryl/α,β-unsaturated/α-hetero) is 1. The Morgan fingerprint density at radius 3 is 2.76 bits per heavy atom. The van der Waals surface area contributed by atoms with Gasteiger partial charge in [-0.25, -0.2) is 0 Å². The van der Waals surface area contributed by atoms with Gasteiger partial charge in [-0.1, -0.05) is 18.2 Å². The highest BCUT2D eigenvalue weighted by atomic mass is 16.7. The molecule has 1 amide bonds. The van der Waals surface area contributed by atoms with Crippen molar-refractivity contribution in [1.29, 1.82) is 0 Å². The summed E-state index contributed by atoms with van der Waals surface area (Å²) in [6.07, 6.45) is 0. The van der Waals surface area contributed by atoms with E-state index in [0.717, 1.165) is 10.9 Å². The summed E-state index contributed by atoms with van der Waals surface area (Å²) in [6, 6.07) is 12.1. The second kappa shape index (κ2) is 7.67. The Balaban J connectivity index is 1.31. The summed E-state index contributed by atoms with van der Waals surface area (Å²) in [5.41, 5.74) is 2.38. The van der Waals surface area contributed by atoms with Crippen molar-refractivity contribution in [2.24, 2.45) is 0 Å². The molecule has 3 aromatic rings. The van der Waals surface area contributed by atoms with Crippen LogP contribution in [0.3, 0.4) is 0 Å². The molecule has 2 N–H and O–H groups in total. The first-order valence-electron chi connectivity index (χ1n) is 8.97. The second-order valence-corrected chi connectivity index (χ2v) is 6.51. The van der Waals surface area contributed by atoms with Gasteiger partial charge in [-0.3, -0.25) is 14.4 Å². The Hall–Kier alpha value is -3.81. The minimum atomic E-state index is -0.704. The van der Waals surface area contributed by atoms with Crippen molar-refractivity contribution in [3.05, 3.63) is 59.3 Å². The largest absolute Gasteiger partial charge is 0.456 e. The molecule has 0 spiro atoms. The van der Waals surface area contributed by atoms with Crippen LogP contribution < -0.4 is 14.8 Å². The van der Waals surface area contributed by atoms with Crippen LogP contribution in [0.25, 0.3) is 10.9 Å². The molecule has 1 aliphatic rings. The number of fused-ring (bicyclic) bond motifs is 2. The van der Waals surface area contributed by atoms with Gasteiger partial charge >= 0.3 is 5.97 Å². The van der Waals surface area contributed by atoms with Crippen LogP contribution in [-0.4, -0.2) is 42.6 Å². The molecule has 0 aliphatic carbocycles. The fraction of sp³-hybridized carbons (Fsp3) is 0.190. The first kappa shape index (κ1) is 18.5. The average Bonchev–Trinajstić information content (AvgIpc) is 3.32. The fourth-order valence-electron chi connectivity index (χ4n) is 3.20. The van der Waals surface area contributed by atoms with Crippen molar-refractivity contribution >= 4 is 28.6 Å². The third-order valence-electron chi connectivity index (χ3n) is 4.56. The molecule has 0 saturated carbocycles. The van der Waals surface area contributed by atoms with Gasteiger partial charge < -0.3 is 24.5 Å². The van der Waals surface area contributed by atoms with Crippen LogP contribution in [0, 0.1) is 6.92 Å². The number of aromatic amines is 1. The summed E-state index contributed by atoms with van der Waals surface area (Å²) in [7, 11) is 0. The number of aromatic nitrogens is 1. The molecule has 1 aromatic heterocycles. The molecule has 29 heavy (non-hydrogen) atoms. The Kier molecular flexibility index (Phi) is 4.90. The number of carbonyl (C=O) groups excluding carboxylic acids is 3. The van der Waals surface area contributed by atoms with Crippen LogP contribution in [0.1, 0.15) is 26.4 Å². The minimum absolute atomic E-state index is 0.108. The number of benzene rings is 2. The van der Waals surface area contributed by atoms with Gasteiger partial charge in [-0.15, -0.1) is 0 Å². The Bertz CT molecular complexity index is 1120. The molecule has 8 heteroatoms. The zero-order valence-corrected chi connectivity index (χ0v) is 15.6. The zero-order valence-electron chi connectivity index (χ0n) is 15.6. The molecule has 4 rings (SSSR count). The number of esters is 1. The first-order valence-corrected chi connectivity index (χ1v) is 8.97. The van der Waals surface area contributed by atoms with Gasteiger partial charge in [0.2, 0.25) is 12.6 Å². The molecule has 0 saturated heterocycles. The van der Waals surface area contributed by atoms with Crippen LogP contribution in [-0.2, 0) is 9.53 Å². The molecule has 8 nitrogen and oxygen atoms in total. The molecule has 2 aromatic carbocycles. The lowest BCUT2D eigenvalue weighted by atomic mass is 10.1. The number of aryl methyl sites for hydroxylation is 1. The number of hydrogen-bond donors (Lipinski definition) is 2. The number of para-hydroxylation sites is 1. The lowest BCUT2D eigenvalue weighted by Crippen LogP contribution is -2.31. The van der Waals surface area contributed by atoms with E-state index in [-0.39, 0.29) is 19.1 Å². The maximum atomic E-state index is 12.5. The van der Waals surface area contributed by atoms with Gasteiger partial charge in [-0.05, 0) is 31.2 Å². The van der Waals surface area contributed by atoms with E-state index in [0.29, 0.717) is 28.3 Å². The number of rotatable bonds is 6. The van der Waals surface area contributed by atoms with E-state index in [1.165, 1.54) is 6.07 Å². The van der Waals surface area contributed by atoms with Crippen LogP contribution in [0.5, 0.6) is 11.5 Å².